The minimum Gasteiger partial charge on any atom is -0.494 e. The van der Waals surface area contributed by atoms with Crippen LogP contribution in [0, 0.1) is 6.92 Å². The number of aromatic nitrogens is 2. The second-order valence-corrected chi connectivity index (χ2v) is 3.49. The van der Waals surface area contributed by atoms with Gasteiger partial charge in [-0.1, -0.05) is 12.1 Å². The summed E-state index contributed by atoms with van der Waals surface area (Å²) in [6, 6.07) is 7.57. The fourth-order valence-corrected chi connectivity index (χ4v) is 1.46. The summed E-state index contributed by atoms with van der Waals surface area (Å²) in [7, 11) is 1.63. The number of aliphatic imine (C=N–C) groups is 1. The van der Waals surface area contributed by atoms with Crippen LogP contribution in [0.25, 0.3) is 0 Å². The molecule has 0 spiro atoms. The molecule has 4 nitrogen and oxygen atoms in total. The quantitative estimate of drug-likeness (QED) is 0.757. The molecular weight excluding hydrogens is 214 g/mol. The van der Waals surface area contributed by atoms with Crippen LogP contribution >= 0.6 is 0 Å². The summed E-state index contributed by atoms with van der Waals surface area (Å²) >= 11 is 0. The van der Waals surface area contributed by atoms with Gasteiger partial charge < -0.3 is 4.74 Å². The van der Waals surface area contributed by atoms with E-state index in [4.69, 9.17) is 4.74 Å². The van der Waals surface area contributed by atoms with Crippen LogP contribution in [0.3, 0.4) is 0 Å². The first-order chi connectivity index (χ1) is 8.31. The van der Waals surface area contributed by atoms with E-state index < -0.39 is 0 Å². The second kappa shape index (κ2) is 5.21. The highest BCUT2D eigenvalue weighted by Crippen LogP contribution is 2.30. The van der Waals surface area contributed by atoms with Crippen LogP contribution in [0.1, 0.15) is 11.4 Å². The van der Waals surface area contributed by atoms with Gasteiger partial charge in [0.25, 0.3) is 0 Å². The monoisotopic (exact) mass is 227 g/mol. The van der Waals surface area contributed by atoms with Gasteiger partial charge in [0.05, 0.1) is 13.3 Å². The molecule has 0 fully saturated rings. The van der Waals surface area contributed by atoms with Crippen molar-refractivity contribution < 1.29 is 4.74 Å². The Morgan fingerprint density at radius 2 is 1.94 bits per heavy atom. The lowest BCUT2D eigenvalue weighted by Crippen LogP contribution is -1.91. The van der Waals surface area contributed by atoms with E-state index in [1.807, 2.05) is 25.1 Å². The summed E-state index contributed by atoms with van der Waals surface area (Å²) < 4.78 is 5.26. The molecule has 0 unspecified atom stereocenters. The van der Waals surface area contributed by atoms with Crippen molar-refractivity contribution in [1.29, 1.82) is 0 Å². The van der Waals surface area contributed by atoms with Crippen molar-refractivity contribution in [1.82, 2.24) is 9.97 Å². The molecule has 0 saturated heterocycles. The Labute approximate surface area is 100 Å². The first-order valence-corrected chi connectivity index (χ1v) is 5.26. The molecule has 0 bridgehead atoms. The zero-order chi connectivity index (χ0) is 12.1. The van der Waals surface area contributed by atoms with Crippen molar-refractivity contribution in [2.24, 2.45) is 4.99 Å². The van der Waals surface area contributed by atoms with Crippen LogP contribution in [0.4, 0.5) is 5.69 Å². The summed E-state index contributed by atoms with van der Waals surface area (Å²) in [5.74, 6) is 1.33. The standard InChI is InChI=1S/C13H13N3O/c1-10-5-3-6-11(17-2)13(10)16-9-12-14-7-4-8-15-12/h3-9H,1-2H3. The van der Waals surface area contributed by atoms with E-state index in [-0.39, 0.29) is 0 Å². The molecule has 17 heavy (non-hydrogen) atoms. The third-order valence-corrected chi connectivity index (χ3v) is 2.32. The maximum absolute atomic E-state index is 5.26. The van der Waals surface area contributed by atoms with Gasteiger partial charge in [-0.25, -0.2) is 15.0 Å². The highest BCUT2D eigenvalue weighted by Gasteiger charge is 2.03. The average Bonchev–Trinajstić information content (AvgIpc) is 2.38. The maximum atomic E-state index is 5.26. The highest BCUT2D eigenvalue weighted by molar-refractivity contribution is 5.79. The van der Waals surface area contributed by atoms with Crippen molar-refractivity contribution in [3.05, 3.63) is 48.0 Å². The molecule has 0 radical (unpaired) electrons. The molecule has 86 valence electrons. The van der Waals surface area contributed by atoms with Gasteiger partial charge in [-0.3, -0.25) is 0 Å². The predicted octanol–water partition coefficient (Wildman–Crippen LogP) is 2.54. The van der Waals surface area contributed by atoms with E-state index in [1.165, 1.54) is 0 Å². The van der Waals surface area contributed by atoms with Crippen LogP contribution in [0.5, 0.6) is 5.75 Å². The molecule has 0 N–H and O–H groups in total. The number of para-hydroxylation sites is 1. The number of nitrogens with zero attached hydrogens (tertiary/aromatic N) is 3. The Morgan fingerprint density at radius 3 is 2.65 bits per heavy atom. The van der Waals surface area contributed by atoms with Crippen molar-refractivity contribution in [2.45, 2.75) is 6.92 Å². The summed E-state index contributed by atoms with van der Waals surface area (Å²) in [5, 5.41) is 0. The van der Waals surface area contributed by atoms with E-state index in [0.717, 1.165) is 17.0 Å². The lowest BCUT2D eigenvalue weighted by Gasteiger charge is -2.06. The van der Waals surface area contributed by atoms with Crippen molar-refractivity contribution in [3.63, 3.8) is 0 Å². The Hall–Kier alpha value is -2.23. The Bertz CT molecular complexity index is 523. The van der Waals surface area contributed by atoms with E-state index in [9.17, 15) is 0 Å². The van der Waals surface area contributed by atoms with Gasteiger partial charge in [0.15, 0.2) is 5.82 Å². The molecule has 0 aliphatic carbocycles. The maximum Gasteiger partial charge on any atom is 0.170 e. The summed E-state index contributed by atoms with van der Waals surface area (Å²) in [6.07, 6.45) is 5.00. The van der Waals surface area contributed by atoms with Gasteiger partial charge in [-0.2, -0.15) is 0 Å². The number of hydrogen-bond acceptors (Lipinski definition) is 4. The van der Waals surface area contributed by atoms with Crippen LogP contribution in [0.2, 0.25) is 0 Å². The van der Waals surface area contributed by atoms with E-state index >= 15 is 0 Å². The van der Waals surface area contributed by atoms with Gasteiger partial charge in [-0.05, 0) is 24.6 Å². The minimum atomic E-state index is 0.581. The molecule has 2 rings (SSSR count). The predicted molar refractivity (Wildman–Crippen MR) is 67.0 cm³/mol. The van der Waals surface area contributed by atoms with Crippen LogP contribution in [-0.2, 0) is 0 Å². The Balaban J connectivity index is 2.33. The van der Waals surface area contributed by atoms with Crippen molar-refractivity contribution >= 4 is 11.9 Å². The molecule has 0 aliphatic heterocycles. The zero-order valence-corrected chi connectivity index (χ0v) is 9.79. The first kappa shape index (κ1) is 11.3. The summed E-state index contributed by atoms with van der Waals surface area (Å²) in [6.45, 7) is 1.99. The number of aryl methyl sites for hydroxylation is 1. The molecular formula is C13H13N3O. The first-order valence-electron chi connectivity index (χ1n) is 5.26. The Morgan fingerprint density at radius 1 is 1.18 bits per heavy atom. The molecule has 1 aromatic heterocycles. The third kappa shape index (κ3) is 2.66. The fourth-order valence-electron chi connectivity index (χ4n) is 1.46. The molecule has 0 amide bonds. The SMILES string of the molecule is COc1cccc(C)c1N=Cc1ncccn1. The average molecular weight is 227 g/mol. The highest BCUT2D eigenvalue weighted by atomic mass is 16.5. The normalized spacial score (nSPS) is 10.7. The summed E-state index contributed by atoms with van der Waals surface area (Å²) in [4.78, 5) is 12.5. The smallest absolute Gasteiger partial charge is 0.170 e. The number of hydrogen-bond donors (Lipinski definition) is 0. The van der Waals surface area contributed by atoms with E-state index in [0.29, 0.717) is 5.82 Å². The fraction of sp³-hybridized carbons (Fsp3) is 0.154. The van der Waals surface area contributed by atoms with E-state index in [1.54, 1.807) is 31.8 Å². The van der Waals surface area contributed by atoms with Gasteiger partial charge in [0, 0.05) is 12.4 Å². The van der Waals surface area contributed by atoms with Crippen molar-refractivity contribution in [3.8, 4) is 5.75 Å². The molecule has 0 saturated carbocycles. The molecule has 2 aromatic rings. The number of methoxy groups -OCH3 is 1. The molecule has 4 heteroatoms. The number of ether oxygens (including phenoxy) is 1. The molecule has 0 aliphatic rings. The zero-order valence-electron chi connectivity index (χ0n) is 9.79. The van der Waals surface area contributed by atoms with E-state index in [2.05, 4.69) is 15.0 Å². The van der Waals surface area contributed by atoms with Gasteiger partial charge in [0.1, 0.15) is 11.4 Å². The van der Waals surface area contributed by atoms with Crippen LogP contribution in [-0.4, -0.2) is 23.3 Å². The summed E-state index contributed by atoms with van der Waals surface area (Å²) in [5.41, 5.74) is 1.86. The molecule has 1 aromatic carbocycles. The largest absolute Gasteiger partial charge is 0.494 e. The molecule has 1 heterocycles. The van der Waals surface area contributed by atoms with Crippen LogP contribution in [0.15, 0.2) is 41.7 Å². The lowest BCUT2D eigenvalue weighted by molar-refractivity contribution is 0.416. The second-order valence-electron chi connectivity index (χ2n) is 3.49. The van der Waals surface area contributed by atoms with Gasteiger partial charge in [0.2, 0.25) is 0 Å². The van der Waals surface area contributed by atoms with Crippen molar-refractivity contribution in [2.75, 3.05) is 7.11 Å². The Kier molecular flexibility index (Phi) is 3.45. The third-order valence-electron chi connectivity index (χ3n) is 2.32. The number of rotatable bonds is 3. The van der Waals surface area contributed by atoms with Crippen LogP contribution < -0.4 is 4.74 Å². The molecule has 0 atom stereocenters. The minimum absolute atomic E-state index is 0.581. The topological polar surface area (TPSA) is 47.4 Å². The lowest BCUT2D eigenvalue weighted by atomic mass is 10.2. The van der Waals surface area contributed by atoms with Gasteiger partial charge >= 0.3 is 0 Å². The number of benzene rings is 1. The van der Waals surface area contributed by atoms with Gasteiger partial charge in [-0.15, -0.1) is 0 Å².